The van der Waals surface area contributed by atoms with Crippen LogP contribution in [0.4, 0.5) is 0 Å². The van der Waals surface area contributed by atoms with Gasteiger partial charge in [-0.2, -0.15) is 0 Å². The Morgan fingerprint density at radius 3 is 2.37 bits per heavy atom. The fourth-order valence-electron chi connectivity index (χ4n) is 5.15. The van der Waals surface area contributed by atoms with Crippen LogP contribution in [-0.4, -0.2) is 83.4 Å². The number of piperazine rings is 1. The van der Waals surface area contributed by atoms with E-state index in [-0.39, 0.29) is 6.61 Å². The average Bonchev–Trinajstić information content (AvgIpc) is 3.19. The second-order valence-corrected chi connectivity index (χ2v) is 8.66. The molecule has 0 radical (unpaired) electrons. The van der Waals surface area contributed by atoms with E-state index in [1.54, 1.807) is 0 Å². The number of aliphatic hydroxyl groups excluding tert-OH is 1. The van der Waals surface area contributed by atoms with Crippen LogP contribution in [-0.2, 0) is 6.54 Å². The molecule has 1 saturated carbocycles. The zero-order chi connectivity index (χ0) is 18.5. The summed E-state index contributed by atoms with van der Waals surface area (Å²) in [6.07, 6.45) is 9.13. The molecule has 0 spiro atoms. The standard InChI is InChI=1S/C21H36N4O2/c26-15-14-23-10-12-25(13-11-23)19-6-8-24(9-7-19)17-20-16-21(22-27-20)18-4-2-1-3-5-18/h16,18-19,26H,1-15,17H2. The molecule has 152 valence electrons. The van der Waals surface area contributed by atoms with E-state index in [9.17, 15) is 0 Å². The molecule has 6 nitrogen and oxygen atoms in total. The third kappa shape index (κ3) is 5.11. The van der Waals surface area contributed by atoms with Gasteiger partial charge in [0.2, 0.25) is 0 Å². The molecule has 4 rings (SSSR count). The SMILES string of the molecule is OCCN1CCN(C2CCN(Cc3cc(C4CCCCC4)no3)CC2)CC1. The quantitative estimate of drug-likeness (QED) is 0.822. The third-order valence-electron chi connectivity index (χ3n) is 6.88. The van der Waals surface area contributed by atoms with Crippen molar-refractivity contribution < 1.29 is 9.63 Å². The number of piperidine rings is 1. The summed E-state index contributed by atoms with van der Waals surface area (Å²) in [6.45, 7) is 8.83. The zero-order valence-electron chi connectivity index (χ0n) is 16.7. The molecular weight excluding hydrogens is 340 g/mol. The lowest BCUT2D eigenvalue weighted by Gasteiger charge is -2.42. The van der Waals surface area contributed by atoms with Crippen molar-refractivity contribution in [2.24, 2.45) is 0 Å². The van der Waals surface area contributed by atoms with Crippen LogP contribution in [0.3, 0.4) is 0 Å². The van der Waals surface area contributed by atoms with Crippen molar-refractivity contribution in [2.45, 2.75) is 63.5 Å². The van der Waals surface area contributed by atoms with Crippen LogP contribution in [0.25, 0.3) is 0 Å². The largest absolute Gasteiger partial charge is 0.395 e. The number of hydrogen-bond acceptors (Lipinski definition) is 6. The van der Waals surface area contributed by atoms with Gasteiger partial charge in [0.1, 0.15) is 0 Å². The van der Waals surface area contributed by atoms with E-state index in [1.807, 2.05) is 0 Å². The van der Waals surface area contributed by atoms with Crippen molar-refractivity contribution in [1.82, 2.24) is 19.9 Å². The molecule has 0 amide bonds. The Morgan fingerprint density at radius 2 is 1.67 bits per heavy atom. The highest BCUT2D eigenvalue weighted by molar-refractivity contribution is 5.11. The highest BCUT2D eigenvalue weighted by Crippen LogP contribution is 2.32. The molecule has 6 heteroatoms. The lowest BCUT2D eigenvalue weighted by Crippen LogP contribution is -2.53. The van der Waals surface area contributed by atoms with Crippen LogP contribution < -0.4 is 0 Å². The van der Waals surface area contributed by atoms with E-state index in [2.05, 4.69) is 25.9 Å². The maximum atomic E-state index is 9.09. The van der Waals surface area contributed by atoms with Crippen molar-refractivity contribution in [3.63, 3.8) is 0 Å². The summed E-state index contributed by atoms with van der Waals surface area (Å²) in [5.41, 5.74) is 1.19. The summed E-state index contributed by atoms with van der Waals surface area (Å²) in [7, 11) is 0. The van der Waals surface area contributed by atoms with Crippen LogP contribution in [0.15, 0.2) is 10.6 Å². The van der Waals surface area contributed by atoms with E-state index in [0.717, 1.165) is 64.2 Å². The minimum absolute atomic E-state index is 0.280. The molecule has 2 saturated heterocycles. The molecule has 3 heterocycles. The fourth-order valence-corrected chi connectivity index (χ4v) is 5.15. The number of β-amino-alcohol motifs (C(OH)–C–C–N with tert-alkyl or cyclic N) is 1. The van der Waals surface area contributed by atoms with E-state index >= 15 is 0 Å². The smallest absolute Gasteiger partial charge is 0.150 e. The van der Waals surface area contributed by atoms with Crippen molar-refractivity contribution in [3.05, 3.63) is 17.5 Å². The molecular formula is C21H36N4O2. The molecule has 1 aliphatic carbocycles. The van der Waals surface area contributed by atoms with Gasteiger partial charge in [0.05, 0.1) is 18.8 Å². The normalized spacial score (nSPS) is 25.2. The summed E-state index contributed by atoms with van der Waals surface area (Å²) in [5, 5.41) is 13.5. The predicted octanol–water partition coefficient (Wildman–Crippen LogP) is 2.30. The van der Waals surface area contributed by atoms with Gasteiger partial charge in [0.25, 0.3) is 0 Å². The summed E-state index contributed by atoms with van der Waals surface area (Å²) in [6, 6.07) is 2.95. The van der Waals surface area contributed by atoms with Gasteiger partial charge in [-0.1, -0.05) is 24.4 Å². The molecule has 0 unspecified atom stereocenters. The van der Waals surface area contributed by atoms with E-state index in [0.29, 0.717) is 5.92 Å². The number of likely N-dealkylation sites (tertiary alicyclic amines) is 1. The number of hydrogen-bond donors (Lipinski definition) is 1. The summed E-state index contributed by atoms with van der Waals surface area (Å²) in [5.74, 6) is 1.68. The molecule has 2 aliphatic heterocycles. The number of aromatic nitrogens is 1. The monoisotopic (exact) mass is 376 g/mol. The summed E-state index contributed by atoms with van der Waals surface area (Å²) in [4.78, 5) is 7.57. The number of nitrogens with zero attached hydrogens (tertiary/aromatic N) is 4. The first kappa shape index (κ1) is 19.4. The Bertz CT molecular complexity index is 556. The Balaban J connectivity index is 1.20. The fraction of sp³-hybridized carbons (Fsp3) is 0.857. The Hall–Kier alpha value is -0.950. The Kier molecular flexibility index (Phi) is 6.82. The molecule has 1 aromatic rings. The van der Waals surface area contributed by atoms with Crippen LogP contribution in [0.5, 0.6) is 0 Å². The van der Waals surface area contributed by atoms with Gasteiger partial charge in [-0.05, 0) is 25.7 Å². The highest BCUT2D eigenvalue weighted by atomic mass is 16.5. The van der Waals surface area contributed by atoms with Crippen LogP contribution in [0, 0.1) is 0 Å². The Morgan fingerprint density at radius 1 is 0.926 bits per heavy atom. The van der Waals surface area contributed by atoms with Crippen molar-refractivity contribution in [1.29, 1.82) is 0 Å². The van der Waals surface area contributed by atoms with Gasteiger partial charge >= 0.3 is 0 Å². The second kappa shape index (κ2) is 9.50. The molecule has 3 fully saturated rings. The first-order chi connectivity index (χ1) is 13.3. The lowest BCUT2D eigenvalue weighted by atomic mass is 9.87. The van der Waals surface area contributed by atoms with Crippen LogP contribution >= 0.6 is 0 Å². The van der Waals surface area contributed by atoms with Crippen LogP contribution in [0.1, 0.15) is 62.3 Å². The minimum atomic E-state index is 0.280. The summed E-state index contributed by atoms with van der Waals surface area (Å²) >= 11 is 0. The van der Waals surface area contributed by atoms with E-state index < -0.39 is 0 Å². The van der Waals surface area contributed by atoms with Crippen molar-refractivity contribution >= 4 is 0 Å². The van der Waals surface area contributed by atoms with E-state index in [4.69, 9.17) is 9.63 Å². The zero-order valence-corrected chi connectivity index (χ0v) is 16.7. The number of aliphatic hydroxyl groups is 1. The molecule has 1 N–H and O–H groups in total. The summed E-state index contributed by atoms with van der Waals surface area (Å²) < 4.78 is 5.67. The first-order valence-corrected chi connectivity index (χ1v) is 11.1. The first-order valence-electron chi connectivity index (χ1n) is 11.1. The average molecular weight is 377 g/mol. The molecule has 0 bridgehead atoms. The van der Waals surface area contributed by atoms with Gasteiger partial charge in [-0.3, -0.25) is 14.7 Å². The molecule has 3 aliphatic rings. The second-order valence-electron chi connectivity index (χ2n) is 8.66. The lowest BCUT2D eigenvalue weighted by molar-refractivity contribution is 0.0499. The topological polar surface area (TPSA) is 56.0 Å². The van der Waals surface area contributed by atoms with Crippen molar-refractivity contribution in [2.75, 3.05) is 52.4 Å². The van der Waals surface area contributed by atoms with Gasteiger partial charge in [-0.15, -0.1) is 0 Å². The molecule has 0 atom stereocenters. The predicted molar refractivity (Wildman–Crippen MR) is 106 cm³/mol. The molecule has 0 aromatic carbocycles. The van der Waals surface area contributed by atoms with Gasteiger partial charge in [0.15, 0.2) is 5.76 Å². The molecule has 1 aromatic heterocycles. The van der Waals surface area contributed by atoms with Gasteiger partial charge in [-0.25, -0.2) is 0 Å². The molecule has 27 heavy (non-hydrogen) atoms. The highest BCUT2D eigenvalue weighted by Gasteiger charge is 2.28. The maximum absolute atomic E-state index is 9.09. The van der Waals surface area contributed by atoms with Gasteiger partial charge in [0, 0.05) is 63.8 Å². The number of rotatable bonds is 6. The minimum Gasteiger partial charge on any atom is -0.395 e. The third-order valence-corrected chi connectivity index (χ3v) is 6.88. The maximum Gasteiger partial charge on any atom is 0.150 e. The van der Waals surface area contributed by atoms with E-state index in [1.165, 1.54) is 50.6 Å². The van der Waals surface area contributed by atoms with Crippen molar-refractivity contribution in [3.8, 4) is 0 Å². The van der Waals surface area contributed by atoms with Crippen LogP contribution in [0.2, 0.25) is 0 Å². The Labute approximate surface area is 163 Å². The van der Waals surface area contributed by atoms with Gasteiger partial charge < -0.3 is 9.63 Å².